The third kappa shape index (κ3) is 4.21. The zero-order chi connectivity index (χ0) is 15.0. The minimum Gasteiger partial charge on any atom is -0.396 e. The smallest absolute Gasteiger partial charge is 0.293 e. The van der Waals surface area contributed by atoms with Crippen molar-refractivity contribution in [2.24, 2.45) is 0 Å². The summed E-state index contributed by atoms with van der Waals surface area (Å²) < 4.78 is 0. The van der Waals surface area contributed by atoms with Crippen LogP contribution in [0.15, 0.2) is 18.2 Å². The van der Waals surface area contributed by atoms with Crippen molar-refractivity contribution >= 4 is 11.4 Å². The molecule has 1 N–H and O–H groups in total. The molecule has 20 heavy (non-hydrogen) atoms. The minimum atomic E-state index is -0.464. The number of hydrogen-bond acceptors (Lipinski definition) is 5. The molecule has 0 bridgehead atoms. The van der Waals surface area contributed by atoms with E-state index in [9.17, 15) is 10.1 Å². The van der Waals surface area contributed by atoms with Crippen molar-refractivity contribution in [1.82, 2.24) is 0 Å². The molecule has 0 aliphatic carbocycles. The molecule has 0 saturated heterocycles. The lowest BCUT2D eigenvalue weighted by molar-refractivity contribution is -0.384. The fourth-order valence-electron chi connectivity index (χ4n) is 1.97. The number of aliphatic hydroxyl groups excluding tert-OH is 1. The minimum absolute atomic E-state index is 0.0483. The number of nitro benzene ring substituents is 1. The van der Waals surface area contributed by atoms with Gasteiger partial charge in [0.1, 0.15) is 5.69 Å². The van der Waals surface area contributed by atoms with E-state index in [1.807, 2.05) is 11.0 Å². The van der Waals surface area contributed by atoms with Crippen molar-refractivity contribution in [3.63, 3.8) is 0 Å². The monoisotopic (exact) mass is 277 g/mol. The standard InChI is InChI=1S/C14H19N3O3/c1-2-3-7-16(8-4-9-18)13-6-5-12(11-15)10-14(13)17(19)20/h5-6,10,18H,2-4,7-9H2,1H3. The third-order valence-electron chi connectivity index (χ3n) is 3.01. The Morgan fingerprint density at radius 1 is 1.40 bits per heavy atom. The lowest BCUT2D eigenvalue weighted by atomic mass is 10.1. The van der Waals surface area contributed by atoms with E-state index >= 15 is 0 Å². The van der Waals surface area contributed by atoms with Crippen LogP contribution >= 0.6 is 0 Å². The van der Waals surface area contributed by atoms with Crippen LogP contribution < -0.4 is 4.90 Å². The molecule has 0 fully saturated rings. The van der Waals surface area contributed by atoms with E-state index in [-0.39, 0.29) is 17.9 Å². The van der Waals surface area contributed by atoms with Gasteiger partial charge in [-0.1, -0.05) is 13.3 Å². The lowest BCUT2D eigenvalue weighted by Crippen LogP contribution is -2.27. The average molecular weight is 277 g/mol. The van der Waals surface area contributed by atoms with Crippen LogP contribution in [-0.4, -0.2) is 29.7 Å². The molecule has 0 aliphatic heterocycles. The first-order chi connectivity index (χ1) is 9.63. The van der Waals surface area contributed by atoms with Crippen LogP contribution in [0.3, 0.4) is 0 Å². The highest BCUT2D eigenvalue weighted by Crippen LogP contribution is 2.29. The highest BCUT2D eigenvalue weighted by molar-refractivity contribution is 5.65. The lowest BCUT2D eigenvalue weighted by Gasteiger charge is -2.24. The van der Waals surface area contributed by atoms with Gasteiger partial charge < -0.3 is 10.0 Å². The number of unbranched alkanes of at least 4 members (excludes halogenated alkanes) is 1. The number of nitrogens with zero attached hydrogens (tertiary/aromatic N) is 3. The van der Waals surface area contributed by atoms with E-state index in [1.54, 1.807) is 12.1 Å². The Labute approximate surface area is 118 Å². The quantitative estimate of drug-likeness (QED) is 0.582. The Balaban J connectivity index is 3.10. The summed E-state index contributed by atoms with van der Waals surface area (Å²) in [6, 6.07) is 6.41. The average Bonchev–Trinajstić information content (AvgIpc) is 2.47. The number of benzene rings is 1. The highest BCUT2D eigenvalue weighted by atomic mass is 16.6. The van der Waals surface area contributed by atoms with Crippen LogP contribution in [0.4, 0.5) is 11.4 Å². The molecular formula is C14H19N3O3. The van der Waals surface area contributed by atoms with Crippen molar-refractivity contribution in [3.05, 3.63) is 33.9 Å². The van der Waals surface area contributed by atoms with Crippen molar-refractivity contribution in [2.45, 2.75) is 26.2 Å². The molecule has 108 valence electrons. The van der Waals surface area contributed by atoms with E-state index in [0.717, 1.165) is 12.8 Å². The SMILES string of the molecule is CCCCN(CCCO)c1ccc(C#N)cc1[N+](=O)[O-]. The molecule has 0 spiro atoms. The molecule has 0 amide bonds. The van der Waals surface area contributed by atoms with Crippen molar-refractivity contribution in [3.8, 4) is 6.07 Å². The molecule has 0 aliphatic rings. The number of nitriles is 1. The first-order valence-corrected chi connectivity index (χ1v) is 6.68. The van der Waals surface area contributed by atoms with Gasteiger partial charge in [-0.15, -0.1) is 0 Å². The predicted molar refractivity (Wildman–Crippen MR) is 76.6 cm³/mol. The molecule has 0 radical (unpaired) electrons. The molecule has 0 aromatic heterocycles. The molecule has 6 heteroatoms. The number of anilines is 1. The van der Waals surface area contributed by atoms with E-state index < -0.39 is 4.92 Å². The van der Waals surface area contributed by atoms with Gasteiger partial charge in [-0.2, -0.15) is 5.26 Å². The number of rotatable bonds is 8. The first-order valence-electron chi connectivity index (χ1n) is 6.68. The molecule has 0 atom stereocenters. The van der Waals surface area contributed by atoms with E-state index in [4.69, 9.17) is 10.4 Å². The second-order valence-corrected chi connectivity index (χ2v) is 4.49. The zero-order valence-corrected chi connectivity index (χ0v) is 11.6. The zero-order valence-electron chi connectivity index (χ0n) is 11.6. The fourth-order valence-corrected chi connectivity index (χ4v) is 1.97. The molecule has 1 aromatic carbocycles. The summed E-state index contributed by atoms with van der Waals surface area (Å²) in [5, 5.41) is 28.9. The summed E-state index contributed by atoms with van der Waals surface area (Å²) in [5.74, 6) is 0. The first kappa shape index (κ1) is 15.9. The van der Waals surface area contributed by atoms with Gasteiger partial charge in [-0.05, 0) is 25.0 Å². The molecule has 0 saturated carbocycles. The van der Waals surface area contributed by atoms with Crippen LogP contribution in [-0.2, 0) is 0 Å². The molecule has 1 aromatic rings. The summed E-state index contributed by atoms with van der Waals surface area (Å²) in [4.78, 5) is 12.6. The molecular weight excluding hydrogens is 258 g/mol. The second kappa shape index (κ2) is 8.12. The van der Waals surface area contributed by atoms with Gasteiger partial charge >= 0.3 is 0 Å². The Bertz CT molecular complexity index is 489. The van der Waals surface area contributed by atoms with Gasteiger partial charge in [0.25, 0.3) is 5.69 Å². The Morgan fingerprint density at radius 2 is 2.10 bits per heavy atom. The van der Waals surface area contributed by atoms with Crippen LogP contribution in [0, 0.1) is 21.4 Å². The summed E-state index contributed by atoms with van der Waals surface area (Å²) >= 11 is 0. The molecule has 1 rings (SSSR count). The van der Waals surface area contributed by atoms with Gasteiger partial charge in [0.05, 0.1) is 16.6 Å². The van der Waals surface area contributed by atoms with Gasteiger partial charge in [-0.25, -0.2) is 0 Å². The van der Waals surface area contributed by atoms with Gasteiger partial charge in [0.15, 0.2) is 0 Å². The normalized spacial score (nSPS) is 10.1. The maximum absolute atomic E-state index is 11.2. The van der Waals surface area contributed by atoms with Crippen molar-refractivity contribution in [2.75, 3.05) is 24.6 Å². The van der Waals surface area contributed by atoms with Crippen LogP contribution in [0.5, 0.6) is 0 Å². The summed E-state index contributed by atoms with van der Waals surface area (Å²) in [6.45, 7) is 3.36. The molecule has 0 heterocycles. The third-order valence-corrected chi connectivity index (χ3v) is 3.01. The van der Waals surface area contributed by atoms with Gasteiger partial charge in [-0.3, -0.25) is 10.1 Å². The number of aliphatic hydroxyl groups is 1. The molecule has 0 unspecified atom stereocenters. The number of nitro groups is 1. The summed E-state index contributed by atoms with van der Waals surface area (Å²) in [5.41, 5.74) is 0.729. The highest BCUT2D eigenvalue weighted by Gasteiger charge is 2.19. The van der Waals surface area contributed by atoms with Crippen LogP contribution in [0.1, 0.15) is 31.7 Å². The second-order valence-electron chi connectivity index (χ2n) is 4.49. The molecule has 6 nitrogen and oxygen atoms in total. The van der Waals surface area contributed by atoms with Gasteiger partial charge in [0, 0.05) is 25.8 Å². The maximum atomic E-state index is 11.2. The maximum Gasteiger partial charge on any atom is 0.293 e. The van der Waals surface area contributed by atoms with Crippen molar-refractivity contribution in [1.29, 1.82) is 5.26 Å². The topological polar surface area (TPSA) is 90.4 Å². The Morgan fingerprint density at radius 3 is 2.65 bits per heavy atom. The van der Waals surface area contributed by atoms with E-state index in [1.165, 1.54) is 6.07 Å². The van der Waals surface area contributed by atoms with Crippen molar-refractivity contribution < 1.29 is 10.0 Å². The van der Waals surface area contributed by atoms with Gasteiger partial charge in [0.2, 0.25) is 0 Å². The number of hydrogen-bond donors (Lipinski definition) is 1. The van der Waals surface area contributed by atoms with E-state index in [0.29, 0.717) is 25.2 Å². The Kier molecular flexibility index (Phi) is 6.47. The predicted octanol–water partition coefficient (Wildman–Crippen LogP) is 2.46. The Hall–Kier alpha value is -2.13. The van der Waals surface area contributed by atoms with Crippen LogP contribution in [0.2, 0.25) is 0 Å². The summed E-state index contributed by atoms with van der Waals surface area (Å²) in [7, 11) is 0. The largest absolute Gasteiger partial charge is 0.396 e. The fraction of sp³-hybridized carbons (Fsp3) is 0.500. The summed E-state index contributed by atoms with van der Waals surface area (Å²) in [6.07, 6.45) is 2.46. The van der Waals surface area contributed by atoms with Crippen LogP contribution in [0.25, 0.3) is 0 Å². The van der Waals surface area contributed by atoms with E-state index in [2.05, 4.69) is 6.92 Å².